The summed E-state index contributed by atoms with van der Waals surface area (Å²) in [5.74, 6) is 0.298. The third-order valence-electron chi connectivity index (χ3n) is 3.91. The molecule has 0 amide bonds. The first kappa shape index (κ1) is 15.7. The van der Waals surface area contributed by atoms with Crippen LogP contribution < -0.4 is 5.32 Å². The van der Waals surface area contributed by atoms with Gasteiger partial charge in [0.1, 0.15) is 5.69 Å². The van der Waals surface area contributed by atoms with Crippen LogP contribution in [-0.2, 0) is 11.8 Å². The number of anilines is 1. The summed E-state index contributed by atoms with van der Waals surface area (Å²) < 4.78 is 6.79. The summed E-state index contributed by atoms with van der Waals surface area (Å²) in [6.07, 6.45) is 1.20. The maximum Gasteiger partial charge on any atom is 0.334 e. The maximum atomic E-state index is 11.4. The van der Waals surface area contributed by atoms with E-state index < -0.39 is 10.5 Å². The van der Waals surface area contributed by atoms with E-state index in [2.05, 4.69) is 10.4 Å². The van der Waals surface area contributed by atoms with Crippen molar-refractivity contribution in [1.29, 1.82) is 0 Å². The number of nitro groups is 1. The summed E-state index contributed by atoms with van der Waals surface area (Å²) in [7, 11) is 1.67. The van der Waals surface area contributed by atoms with Crippen LogP contribution in [0.25, 0.3) is 0 Å². The van der Waals surface area contributed by atoms with Gasteiger partial charge in [-0.3, -0.25) is 10.1 Å². The molecule has 1 saturated heterocycles. The summed E-state index contributed by atoms with van der Waals surface area (Å²) in [5.41, 5.74) is -0.151. The number of aryl methyl sites for hydroxylation is 1. The molecule has 2 heterocycles. The molecule has 0 radical (unpaired) electrons. The molecule has 0 spiro atoms. The van der Waals surface area contributed by atoms with E-state index in [-0.39, 0.29) is 18.2 Å². The Balaban J connectivity index is 2.41. The Morgan fingerprint density at radius 1 is 1.52 bits per heavy atom. The molecule has 2 rings (SSSR count). The van der Waals surface area contributed by atoms with Gasteiger partial charge in [0.2, 0.25) is 5.82 Å². The second-order valence-corrected chi connectivity index (χ2v) is 5.79. The van der Waals surface area contributed by atoms with Crippen molar-refractivity contribution in [3.63, 3.8) is 0 Å². The van der Waals surface area contributed by atoms with Crippen molar-refractivity contribution in [2.45, 2.75) is 38.1 Å². The molecule has 8 heteroatoms. The number of ether oxygens (including phenoxy) is 1. The van der Waals surface area contributed by atoms with Crippen molar-refractivity contribution in [3.05, 3.63) is 15.8 Å². The number of aliphatic hydroxyl groups is 1. The Hall–Kier alpha value is -1.67. The lowest BCUT2D eigenvalue weighted by molar-refractivity contribution is -0.384. The van der Waals surface area contributed by atoms with Gasteiger partial charge in [-0.25, -0.2) is 4.68 Å². The Labute approximate surface area is 123 Å². The zero-order chi connectivity index (χ0) is 15.6. The van der Waals surface area contributed by atoms with E-state index in [4.69, 9.17) is 4.74 Å². The molecule has 1 aromatic rings. The lowest BCUT2D eigenvalue weighted by atomic mass is 9.91. The maximum absolute atomic E-state index is 11.4. The molecule has 0 atom stereocenters. The summed E-state index contributed by atoms with van der Waals surface area (Å²) in [6, 6.07) is 0. The highest BCUT2D eigenvalue weighted by atomic mass is 16.6. The zero-order valence-corrected chi connectivity index (χ0v) is 12.6. The Morgan fingerprint density at radius 2 is 2.14 bits per heavy atom. The molecule has 0 aromatic carbocycles. The molecule has 1 aliphatic heterocycles. The Kier molecular flexibility index (Phi) is 4.48. The van der Waals surface area contributed by atoms with E-state index in [1.54, 1.807) is 7.05 Å². The van der Waals surface area contributed by atoms with Crippen LogP contribution in [0.3, 0.4) is 0 Å². The SMILES string of the molecule is CC(C)c1nn(C)c(NC2(CO)CCOCC2)c1[N+](=O)[O-]. The average molecular weight is 298 g/mol. The quantitative estimate of drug-likeness (QED) is 0.629. The van der Waals surface area contributed by atoms with Gasteiger partial charge in [-0.2, -0.15) is 5.10 Å². The lowest BCUT2D eigenvalue weighted by Gasteiger charge is -2.36. The van der Waals surface area contributed by atoms with Gasteiger partial charge in [-0.05, 0) is 12.8 Å². The number of hydrogen-bond donors (Lipinski definition) is 2. The fourth-order valence-electron chi connectivity index (χ4n) is 2.58. The molecule has 2 N–H and O–H groups in total. The van der Waals surface area contributed by atoms with E-state index in [9.17, 15) is 15.2 Å². The van der Waals surface area contributed by atoms with Gasteiger partial charge in [0.05, 0.1) is 17.1 Å². The van der Waals surface area contributed by atoms with Crippen molar-refractivity contribution in [3.8, 4) is 0 Å². The van der Waals surface area contributed by atoms with Crippen LogP contribution in [0.15, 0.2) is 0 Å². The number of rotatable bonds is 5. The first-order valence-electron chi connectivity index (χ1n) is 7.08. The number of nitrogens with one attached hydrogen (secondary N) is 1. The molecule has 1 aliphatic rings. The number of nitrogens with zero attached hydrogens (tertiary/aromatic N) is 3. The van der Waals surface area contributed by atoms with Crippen LogP contribution in [0.4, 0.5) is 11.5 Å². The predicted molar refractivity (Wildman–Crippen MR) is 77.4 cm³/mol. The second kappa shape index (κ2) is 5.98. The third-order valence-corrected chi connectivity index (χ3v) is 3.91. The minimum Gasteiger partial charge on any atom is -0.394 e. The normalized spacial score (nSPS) is 18.0. The first-order chi connectivity index (χ1) is 9.90. The zero-order valence-electron chi connectivity index (χ0n) is 12.6. The molecule has 0 bridgehead atoms. The number of hydrogen-bond acceptors (Lipinski definition) is 6. The Morgan fingerprint density at radius 3 is 2.62 bits per heavy atom. The van der Waals surface area contributed by atoms with Crippen LogP contribution >= 0.6 is 0 Å². The summed E-state index contributed by atoms with van der Waals surface area (Å²) in [5, 5.41) is 28.6. The van der Waals surface area contributed by atoms with Crippen LogP contribution in [0.1, 0.15) is 38.3 Å². The molecule has 8 nitrogen and oxygen atoms in total. The first-order valence-corrected chi connectivity index (χ1v) is 7.08. The minimum atomic E-state index is -0.592. The summed E-state index contributed by atoms with van der Waals surface area (Å²) in [6.45, 7) is 4.69. The van der Waals surface area contributed by atoms with Crippen LogP contribution in [0, 0.1) is 10.1 Å². The standard InChI is InChI=1S/C13H22N4O4/c1-9(2)10-11(17(19)20)12(16(3)15-10)14-13(8-18)4-6-21-7-5-13/h9,14,18H,4-8H2,1-3H3. The molecule has 0 aliphatic carbocycles. The molecular formula is C13H22N4O4. The van der Waals surface area contributed by atoms with Gasteiger partial charge in [0.15, 0.2) is 0 Å². The smallest absolute Gasteiger partial charge is 0.334 e. The molecule has 0 saturated carbocycles. The molecular weight excluding hydrogens is 276 g/mol. The molecule has 118 valence electrons. The van der Waals surface area contributed by atoms with Crippen molar-refractivity contribution >= 4 is 11.5 Å². The summed E-state index contributed by atoms with van der Waals surface area (Å²) >= 11 is 0. The predicted octanol–water partition coefficient (Wildman–Crippen LogP) is 1.41. The van der Waals surface area contributed by atoms with E-state index >= 15 is 0 Å². The molecule has 1 aromatic heterocycles. The second-order valence-electron chi connectivity index (χ2n) is 5.79. The van der Waals surface area contributed by atoms with Crippen molar-refractivity contribution in [1.82, 2.24) is 9.78 Å². The largest absolute Gasteiger partial charge is 0.394 e. The van der Waals surface area contributed by atoms with Crippen LogP contribution in [0.2, 0.25) is 0 Å². The van der Waals surface area contributed by atoms with E-state index in [0.717, 1.165) is 0 Å². The van der Waals surface area contributed by atoms with Crippen LogP contribution in [-0.4, -0.2) is 45.2 Å². The summed E-state index contributed by atoms with van der Waals surface area (Å²) in [4.78, 5) is 11.0. The van der Waals surface area contributed by atoms with Gasteiger partial charge in [0.25, 0.3) is 0 Å². The van der Waals surface area contributed by atoms with Gasteiger partial charge >= 0.3 is 5.69 Å². The van der Waals surface area contributed by atoms with Gasteiger partial charge in [-0.15, -0.1) is 0 Å². The van der Waals surface area contributed by atoms with E-state index in [1.165, 1.54) is 4.68 Å². The number of aliphatic hydroxyl groups excluding tert-OH is 1. The van der Waals surface area contributed by atoms with E-state index in [0.29, 0.717) is 37.6 Å². The minimum absolute atomic E-state index is 0.00758. The molecule has 0 unspecified atom stereocenters. The third kappa shape index (κ3) is 3.01. The fraction of sp³-hybridized carbons (Fsp3) is 0.769. The highest BCUT2D eigenvalue weighted by molar-refractivity contribution is 5.62. The highest BCUT2D eigenvalue weighted by Gasteiger charge is 2.37. The van der Waals surface area contributed by atoms with Crippen molar-refractivity contribution < 1.29 is 14.8 Å². The van der Waals surface area contributed by atoms with Crippen molar-refractivity contribution in [2.24, 2.45) is 7.05 Å². The highest BCUT2D eigenvalue weighted by Crippen LogP contribution is 2.36. The van der Waals surface area contributed by atoms with Gasteiger partial charge in [0, 0.05) is 26.2 Å². The lowest BCUT2D eigenvalue weighted by Crippen LogP contribution is -2.47. The van der Waals surface area contributed by atoms with Crippen LogP contribution in [0.5, 0.6) is 0 Å². The Bertz CT molecular complexity index is 520. The molecule has 21 heavy (non-hydrogen) atoms. The molecule has 1 fully saturated rings. The monoisotopic (exact) mass is 298 g/mol. The van der Waals surface area contributed by atoms with Crippen molar-refractivity contribution in [2.75, 3.05) is 25.1 Å². The number of aromatic nitrogens is 2. The fourth-order valence-corrected chi connectivity index (χ4v) is 2.58. The van der Waals surface area contributed by atoms with Gasteiger partial charge in [-0.1, -0.05) is 13.8 Å². The van der Waals surface area contributed by atoms with Gasteiger partial charge < -0.3 is 15.2 Å². The topological polar surface area (TPSA) is 102 Å². The average Bonchev–Trinajstić information content (AvgIpc) is 2.77. The van der Waals surface area contributed by atoms with E-state index in [1.807, 2.05) is 13.8 Å².